The number of benzene rings is 2. The zero-order chi connectivity index (χ0) is 18.6. The monoisotopic (exact) mass is 380 g/mol. The minimum Gasteiger partial charge on any atom is -0.326 e. The molecule has 4 nitrogen and oxygen atoms in total. The lowest BCUT2D eigenvalue weighted by Crippen LogP contribution is -2.27. The van der Waals surface area contributed by atoms with Crippen molar-refractivity contribution in [1.82, 2.24) is 0 Å². The summed E-state index contributed by atoms with van der Waals surface area (Å²) in [6.45, 7) is 0. The van der Waals surface area contributed by atoms with Crippen molar-refractivity contribution in [2.75, 3.05) is 16.0 Å². The average Bonchev–Trinajstić information content (AvgIpc) is 3.11. The molecule has 0 bridgehead atoms. The van der Waals surface area contributed by atoms with Gasteiger partial charge in [-0.3, -0.25) is 14.5 Å². The number of rotatable bonds is 4. The van der Waals surface area contributed by atoms with Gasteiger partial charge in [0.15, 0.2) is 0 Å². The molecule has 2 aliphatic rings. The van der Waals surface area contributed by atoms with Crippen LogP contribution in [0, 0.1) is 5.92 Å². The lowest BCUT2D eigenvalue weighted by atomic mass is 9.88. The van der Waals surface area contributed by atoms with Gasteiger partial charge in [-0.15, -0.1) is 11.8 Å². The number of nitrogens with one attached hydrogen (secondary N) is 1. The molecule has 27 heavy (non-hydrogen) atoms. The average molecular weight is 381 g/mol. The van der Waals surface area contributed by atoms with E-state index in [1.54, 1.807) is 11.8 Å². The van der Waals surface area contributed by atoms with Crippen molar-refractivity contribution in [2.45, 2.75) is 37.5 Å². The number of carbonyl (C=O) groups is 2. The van der Waals surface area contributed by atoms with Crippen molar-refractivity contribution in [3.05, 3.63) is 60.2 Å². The molecule has 0 unspecified atom stereocenters. The first kappa shape index (κ1) is 18.1. The molecule has 2 aromatic carbocycles. The minimum atomic E-state index is -0.0250. The Bertz CT molecular complexity index is 801. The van der Waals surface area contributed by atoms with Crippen LogP contribution in [-0.4, -0.2) is 17.6 Å². The Labute approximate surface area is 164 Å². The second-order valence-corrected chi connectivity index (χ2v) is 8.28. The molecular weight excluding hydrogens is 356 g/mol. The number of para-hydroxylation sites is 1. The van der Waals surface area contributed by atoms with Crippen LogP contribution >= 0.6 is 11.8 Å². The maximum absolute atomic E-state index is 12.4. The summed E-state index contributed by atoms with van der Waals surface area (Å²) in [6, 6.07) is 17.7. The van der Waals surface area contributed by atoms with E-state index in [-0.39, 0.29) is 23.1 Å². The molecular formula is C22H24N2O2S. The van der Waals surface area contributed by atoms with Crippen molar-refractivity contribution >= 4 is 35.0 Å². The Morgan fingerprint density at radius 2 is 1.67 bits per heavy atom. The van der Waals surface area contributed by atoms with Crippen LogP contribution in [0.3, 0.4) is 0 Å². The van der Waals surface area contributed by atoms with Gasteiger partial charge in [0.1, 0.15) is 5.37 Å². The number of amides is 2. The van der Waals surface area contributed by atoms with Gasteiger partial charge in [-0.25, -0.2) is 0 Å². The Hall–Kier alpha value is -2.27. The van der Waals surface area contributed by atoms with E-state index in [2.05, 4.69) is 5.32 Å². The van der Waals surface area contributed by atoms with Gasteiger partial charge in [-0.05, 0) is 42.7 Å². The molecule has 5 heteroatoms. The lowest BCUT2D eigenvalue weighted by Gasteiger charge is -2.24. The van der Waals surface area contributed by atoms with Gasteiger partial charge < -0.3 is 5.32 Å². The van der Waals surface area contributed by atoms with Crippen LogP contribution in [0.2, 0.25) is 0 Å². The van der Waals surface area contributed by atoms with Crippen molar-refractivity contribution in [3.63, 3.8) is 0 Å². The molecule has 1 aliphatic carbocycles. The molecule has 0 spiro atoms. The Kier molecular flexibility index (Phi) is 5.48. The van der Waals surface area contributed by atoms with E-state index in [1.807, 2.05) is 59.5 Å². The van der Waals surface area contributed by atoms with Gasteiger partial charge in [0, 0.05) is 17.3 Å². The fourth-order valence-electron chi connectivity index (χ4n) is 3.88. The van der Waals surface area contributed by atoms with E-state index >= 15 is 0 Å². The van der Waals surface area contributed by atoms with Crippen molar-refractivity contribution in [2.24, 2.45) is 5.92 Å². The summed E-state index contributed by atoms with van der Waals surface area (Å²) < 4.78 is 0. The number of thioether (sulfide) groups is 1. The maximum Gasteiger partial charge on any atom is 0.238 e. The van der Waals surface area contributed by atoms with Crippen LogP contribution in [0.15, 0.2) is 54.6 Å². The Morgan fingerprint density at radius 1 is 0.963 bits per heavy atom. The van der Waals surface area contributed by atoms with E-state index in [0.29, 0.717) is 5.75 Å². The summed E-state index contributed by atoms with van der Waals surface area (Å²) in [5, 5.41) is 3.03. The first-order chi connectivity index (χ1) is 13.2. The predicted molar refractivity (Wildman–Crippen MR) is 111 cm³/mol. The lowest BCUT2D eigenvalue weighted by molar-refractivity contribution is -0.120. The predicted octanol–water partition coefficient (Wildman–Crippen LogP) is 4.98. The Balaban J connectivity index is 1.46. The summed E-state index contributed by atoms with van der Waals surface area (Å²) in [5.41, 5.74) is 2.83. The van der Waals surface area contributed by atoms with Crippen LogP contribution in [0.25, 0.3) is 0 Å². The van der Waals surface area contributed by atoms with E-state index in [9.17, 15) is 9.59 Å². The van der Waals surface area contributed by atoms with Gasteiger partial charge in [0.05, 0.1) is 5.75 Å². The molecule has 1 aliphatic heterocycles. The molecule has 0 aromatic heterocycles. The molecule has 2 amide bonds. The summed E-state index contributed by atoms with van der Waals surface area (Å²) in [5.74, 6) is 0.902. The molecule has 0 radical (unpaired) electrons. The fourth-order valence-corrected chi connectivity index (χ4v) is 5.06. The van der Waals surface area contributed by atoms with Crippen LogP contribution in [0.1, 0.15) is 43.0 Å². The number of carbonyl (C=O) groups excluding carboxylic acids is 2. The van der Waals surface area contributed by atoms with Crippen molar-refractivity contribution in [1.29, 1.82) is 0 Å². The standard InChI is InChI=1S/C22H24N2O2S/c25-20-15-27-22(24(20)19-9-5-2-6-10-19)17-11-13-18(14-12-17)23-21(26)16-7-3-1-4-8-16/h2,5-6,9-14,16,22H,1,3-4,7-8,15H2,(H,23,26)/t22-/m1/s1. The zero-order valence-corrected chi connectivity index (χ0v) is 16.1. The van der Waals surface area contributed by atoms with Crippen LogP contribution in [-0.2, 0) is 9.59 Å². The van der Waals surface area contributed by atoms with Crippen molar-refractivity contribution < 1.29 is 9.59 Å². The third-order valence-electron chi connectivity index (χ3n) is 5.34. The summed E-state index contributed by atoms with van der Waals surface area (Å²) >= 11 is 1.64. The summed E-state index contributed by atoms with van der Waals surface area (Å²) in [7, 11) is 0. The second kappa shape index (κ2) is 8.17. The first-order valence-electron chi connectivity index (χ1n) is 9.62. The highest BCUT2D eigenvalue weighted by Gasteiger charge is 2.33. The molecule has 2 fully saturated rings. The number of nitrogens with zero attached hydrogens (tertiary/aromatic N) is 1. The smallest absolute Gasteiger partial charge is 0.238 e. The molecule has 2 aromatic rings. The summed E-state index contributed by atoms with van der Waals surface area (Å²) in [4.78, 5) is 26.7. The Morgan fingerprint density at radius 3 is 2.37 bits per heavy atom. The number of anilines is 2. The minimum absolute atomic E-state index is 0.0250. The molecule has 1 saturated carbocycles. The van der Waals surface area contributed by atoms with Gasteiger partial charge in [0.25, 0.3) is 0 Å². The van der Waals surface area contributed by atoms with Crippen LogP contribution in [0.4, 0.5) is 11.4 Å². The van der Waals surface area contributed by atoms with Crippen LogP contribution < -0.4 is 10.2 Å². The molecule has 4 rings (SSSR count). The van der Waals surface area contributed by atoms with Gasteiger partial charge >= 0.3 is 0 Å². The van der Waals surface area contributed by atoms with Gasteiger partial charge in [0.2, 0.25) is 11.8 Å². The third kappa shape index (κ3) is 4.03. The van der Waals surface area contributed by atoms with Gasteiger partial charge in [-0.2, -0.15) is 0 Å². The van der Waals surface area contributed by atoms with Crippen molar-refractivity contribution in [3.8, 4) is 0 Å². The van der Waals surface area contributed by atoms with Gasteiger partial charge in [-0.1, -0.05) is 49.6 Å². The quantitative estimate of drug-likeness (QED) is 0.813. The molecule has 1 atom stereocenters. The number of hydrogen-bond donors (Lipinski definition) is 1. The van der Waals surface area contributed by atoms with Crippen LogP contribution in [0.5, 0.6) is 0 Å². The van der Waals surface area contributed by atoms with E-state index in [4.69, 9.17) is 0 Å². The van der Waals surface area contributed by atoms with E-state index in [1.165, 1.54) is 6.42 Å². The second-order valence-electron chi connectivity index (χ2n) is 7.21. The molecule has 1 N–H and O–H groups in total. The molecule has 140 valence electrons. The fraction of sp³-hybridized carbons (Fsp3) is 0.364. The molecule has 1 saturated heterocycles. The zero-order valence-electron chi connectivity index (χ0n) is 15.3. The highest BCUT2D eigenvalue weighted by atomic mass is 32.2. The normalized spacial score (nSPS) is 20.7. The highest BCUT2D eigenvalue weighted by molar-refractivity contribution is 8.00. The summed E-state index contributed by atoms with van der Waals surface area (Å²) in [6.07, 6.45) is 5.54. The van der Waals surface area contributed by atoms with E-state index < -0.39 is 0 Å². The SMILES string of the molecule is O=C(Nc1ccc([C@H]2SCC(=O)N2c2ccccc2)cc1)C1CCCCC1. The first-order valence-corrected chi connectivity index (χ1v) is 10.7. The third-order valence-corrected chi connectivity index (χ3v) is 6.55. The maximum atomic E-state index is 12.4. The van der Waals surface area contributed by atoms with E-state index in [0.717, 1.165) is 42.6 Å². The largest absolute Gasteiger partial charge is 0.326 e. The highest BCUT2D eigenvalue weighted by Crippen LogP contribution is 2.41. The number of hydrogen-bond acceptors (Lipinski definition) is 3. The topological polar surface area (TPSA) is 49.4 Å². The molecule has 1 heterocycles.